The molecule has 1 heterocycles. The lowest BCUT2D eigenvalue weighted by atomic mass is 10.2. The Morgan fingerprint density at radius 3 is 2.95 bits per heavy atom. The standard InChI is InChI=1S/C12H20ClN3O3/c1-19-8-6-16-12(18)11(13)10(9-15-16)14-5-3-2-4-7-17/h9,14,17H,2-8H2,1H3. The molecule has 0 atom stereocenters. The molecule has 0 fully saturated rings. The van der Waals surface area contributed by atoms with Crippen LogP contribution in [0.1, 0.15) is 19.3 Å². The van der Waals surface area contributed by atoms with E-state index in [1.165, 1.54) is 4.68 Å². The highest BCUT2D eigenvalue weighted by Gasteiger charge is 2.08. The highest BCUT2D eigenvalue weighted by Crippen LogP contribution is 2.15. The predicted molar refractivity (Wildman–Crippen MR) is 74.8 cm³/mol. The highest BCUT2D eigenvalue weighted by molar-refractivity contribution is 6.32. The lowest BCUT2D eigenvalue weighted by Gasteiger charge is -2.09. The van der Waals surface area contributed by atoms with Crippen LogP contribution in [0.15, 0.2) is 11.0 Å². The van der Waals surface area contributed by atoms with E-state index in [2.05, 4.69) is 10.4 Å². The molecule has 0 aliphatic carbocycles. The summed E-state index contributed by atoms with van der Waals surface area (Å²) in [5, 5.41) is 15.9. The van der Waals surface area contributed by atoms with Crippen LogP contribution in [0.5, 0.6) is 0 Å². The number of methoxy groups -OCH3 is 1. The van der Waals surface area contributed by atoms with Gasteiger partial charge in [0.05, 0.1) is 25.0 Å². The van der Waals surface area contributed by atoms with E-state index in [1.807, 2.05) is 0 Å². The molecule has 0 aliphatic rings. The Morgan fingerprint density at radius 2 is 2.26 bits per heavy atom. The van der Waals surface area contributed by atoms with E-state index in [0.717, 1.165) is 19.3 Å². The van der Waals surface area contributed by atoms with Gasteiger partial charge in [-0.3, -0.25) is 4.79 Å². The Morgan fingerprint density at radius 1 is 1.47 bits per heavy atom. The summed E-state index contributed by atoms with van der Waals surface area (Å²) in [5.41, 5.74) is 0.225. The summed E-state index contributed by atoms with van der Waals surface area (Å²) in [6.07, 6.45) is 4.17. The number of hydrogen-bond donors (Lipinski definition) is 2. The molecule has 1 rings (SSSR count). The number of hydrogen-bond acceptors (Lipinski definition) is 5. The zero-order valence-electron chi connectivity index (χ0n) is 11.1. The van der Waals surface area contributed by atoms with Crippen molar-refractivity contribution in [2.45, 2.75) is 25.8 Å². The first-order chi connectivity index (χ1) is 9.20. The van der Waals surface area contributed by atoms with Crippen molar-refractivity contribution in [3.05, 3.63) is 21.6 Å². The van der Waals surface area contributed by atoms with E-state index < -0.39 is 0 Å². The van der Waals surface area contributed by atoms with Crippen molar-refractivity contribution in [2.75, 3.05) is 32.2 Å². The number of halogens is 1. The fraction of sp³-hybridized carbons (Fsp3) is 0.667. The quantitative estimate of drug-likeness (QED) is 0.666. The van der Waals surface area contributed by atoms with Gasteiger partial charge in [-0.25, -0.2) is 4.68 Å². The molecule has 0 radical (unpaired) electrons. The molecular weight excluding hydrogens is 270 g/mol. The maximum absolute atomic E-state index is 11.9. The molecule has 19 heavy (non-hydrogen) atoms. The first-order valence-electron chi connectivity index (χ1n) is 6.30. The molecule has 0 aliphatic heterocycles. The minimum absolute atomic E-state index is 0.147. The van der Waals surface area contributed by atoms with Crippen molar-refractivity contribution < 1.29 is 9.84 Å². The van der Waals surface area contributed by atoms with Crippen LogP contribution >= 0.6 is 11.6 Å². The topological polar surface area (TPSA) is 76.4 Å². The van der Waals surface area contributed by atoms with Crippen LogP contribution in [0.25, 0.3) is 0 Å². The first kappa shape index (κ1) is 15.9. The molecule has 7 heteroatoms. The Bertz CT molecular complexity index is 437. The van der Waals surface area contributed by atoms with Gasteiger partial charge in [-0.1, -0.05) is 11.6 Å². The fourth-order valence-corrected chi connectivity index (χ4v) is 1.78. The van der Waals surface area contributed by atoms with Gasteiger partial charge in [-0.2, -0.15) is 5.10 Å². The Kier molecular flexibility index (Phi) is 7.47. The largest absolute Gasteiger partial charge is 0.396 e. The predicted octanol–water partition coefficient (Wildman–Crippen LogP) is 1.12. The number of aromatic nitrogens is 2. The molecule has 0 spiro atoms. The molecule has 0 bridgehead atoms. The molecular formula is C12H20ClN3O3. The van der Waals surface area contributed by atoms with E-state index in [9.17, 15) is 4.79 Å². The zero-order chi connectivity index (χ0) is 14.1. The minimum atomic E-state index is -0.320. The third-order valence-corrected chi connectivity index (χ3v) is 3.01. The van der Waals surface area contributed by atoms with Gasteiger partial charge >= 0.3 is 0 Å². The Balaban J connectivity index is 2.56. The molecule has 0 amide bonds. The second kappa shape index (κ2) is 8.90. The van der Waals surface area contributed by atoms with Crippen LogP contribution in [0, 0.1) is 0 Å². The van der Waals surface area contributed by atoms with Crippen LogP contribution in [0.4, 0.5) is 5.69 Å². The van der Waals surface area contributed by atoms with Crippen LogP contribution in [-0.4, -0.2) is 41.8 Å². The maximum atomic E-state index is 11.9. The van der Waals surface area contributed by atoms with Crippen molar-refractivity contribution in [3.8, 4) is 0 Å². The number of nitrogens with zero attached hydrogens (tertiary/aromatic N) is 2. The van der Waals surface area contributed by atoms with Gasteiger partial charge in [0.2, 0.25) is 0 Å². The summed E-state index contributed by atoms with van der Waals surface area (Å²) in [5.74, 6) is 0. The monoisotopic (exact) mass is 289 g/mol. The van der Waals surface area contributed by atoms with Gasteiger partial charge in [0.25, 0.3) is 5.56 Å². The fourth-order valence-electron chi connectivity index (χ4n) is 1.56. The van der Waals surface area contributed by atoms with Crippen LogP contribution in [0.3, 0.4) is 0 Å². The minimum Gasteiger partial charge on any atom is -0.396 e. The normalized spacial score (nSPS) is 10.7. The van der Waals surface area contributed by atoms with Crippen molar-refractivity contribution >= 4 is 17.3 Å². The highest BCUT2D eigenvalue weighted by atomic mass is 35.5. The van der Waals surface area contributed by atoms with Gasteiger partial charge in [0, 0.05) is 20.3 Å². The summed E-state index contributed by atoms with van der Waals surface area (Å²) in [7, 11) is 1.56. The maximum Gasteiger partial charge on any atom is 0.287 e. The average molecular weight is 290 g/mol. The number of aliphatic hydroxyl groups excluding tert-OH is 1. The van der Waals surface area contributed by atoms with E-state index in [4.69, 9.17) is 21.4 Å². The van der Waals surface area contributed by atoms with Crippen molar-refractivity contribution in [1.82, 2.24) is 9.78 Å². The van der Waals surface area contributed by atoms with Crippen LogP contribution in [0.2, 0.25) is 5.02 Å². The van der Waals surface area contributed by atoms with E-state index in [1.54, 1.807) is 13.3 Å². The van der Waals surface area contributed by atoms with Crippen molar-refractivity contribution in [3.63, 3.8) is 0 Å². The van der Waals surface area contributed by atoms with Crippen LogP contribution < -0.4 is 10.9 Å². The number of aliphatic hydroxyl groups is 1. The zero-order valence-corrected chi connectivity index (χ0v) is 11.8. The van der Waals surface area contributed by atoms with E-state index in [0.29, 0.717) is 25.4 Å². The van der Waals surface area contributed by atoms with Gasteiger partial charge in [-0.15, -0.1) is 0 Å². The Hall–Kier alpha value is -1.11. The second-order valence-corrected chi connectivity index (χ2v) is 4.48. The first-order valence-corrected chi connectivity index (χ1v) is 6.67. The summed E-state index contributed by atoms with van der Waals surface area (Å²) >= 11 is 6.00. The molecule has 0 aromatic carbocycles. The molecule has 6 nitrogen and oxygen atoms in total. The van der Waals surface area contributed by atoms with E-state index >= 15 is 0 Å². The average Bonchev–Trinajstić information content (AvgIpc) is 2.42. The Labute approximate surface area is 117 Å². The van der Waals surface area contributed by atoms with Gasteiger partial charge < -0.3 is 15.2 Å². The number of nitrogens with one attached hydrogen (secondary N) is 1. The summed E-state index contributed by atoms with van der Waals surface area (Å²) < 4.78 is 6.17. The molecule has 0 saturated heterocycles. The third-order valence-electron chi connectivity index (χ3n) is 2.64. The third kappa shape index (κ3) is 5.18. The van der Waals surface area contributed by atoms with Crippen molar-refractivity contribution in [2.24, 2.45) is 0 Å². The van der Waals surface area contributed by atoms with Crippen LogP contribution in [-0.2, 0) is 11.3 Å². The molecule has 1 aromatic rings. The lowest BCUT2D eigenvalue weighted by Crippen LogP contribution is -2.26. The number of unbranched alkanes of at least 4 members (excludes halogenated alkanes) is 2. The number of rotatable bonds is 9. The summed E-state index contributed by atoms with van der Waals surface area (Å²) in [6.45, 7) is 1.70. The molecule has 2 N–H and O–H groups in total. The molecule has 0 saturated carbocycles. The van der Waals surface area contributed by atoms with Gasteiger partial charge in [0.1, 0.15) is 5.02 Å². The lowest BCUT2D eigenvalue weighted by molar-refractivity contribution is 0.182. The molecule has 108 valence electrons. The number of ether oxygens (including phenoxy) is 1. The SMILES string of the molecule is COCCn1ncc(NCCCCCO)c(Cl)c1=O. The smallest absolute Gasteiger partial charge is 0.287 e. The summed E-state index contributed by atoms with van der Waals surface area (Å²) in [6, 6.07) is 0. The molecule has 0 unspecified atom stereocenters. The van der Waals surface area contributed by atoms with Crippen molar-refractivity contribution in [1.29, 1.82) is 0 Å². The number of anilines is 1. The van der Waals surface area contributed by atoms with E-state index in [-0.39, 0.29) is 17.2 Å². The summed E-state index contributed by atoms with van der Waals surface area (Å²) in [4.78, 5) is 11.9. The second-order valence-electron chi connectivity index (χ2n) is 4.10. The van der Waals surface area contributed by atoms with Gasteiger partial charge in [0.15, 0.2) is 0 Å². The molecule has 1 aromatic heterocycles. The van der Waals surface area contributed by atoms with Gasteiger partial charge in [-0.05, 0) is 19.3 Å².